The van der Waals surface area contributed by atoms with Gasteiger partial charge in [0.15, 0.2) is 6.10 Å². The first-order valence-electron chi connectivity index (χ1n) is 21.9. The van der Waals surface area contributed by atoms with Gasteiger partial charge in [0.1, 0.15) is 19.8 Å². The zero-order valence-corrected chi connectivity index (χ0v) is 36.1. The third-order valence-electron chi connectivity index (χ3n) is 9.54. The lowest BCUT2D eigenvalue weighted by molar-refractivity contribution is -0.870. The second-order valence-corrected chi connectivity index (χ2v) is 17.5. The van der Waals surface area contributed by atoms with Crippen LogP contribution in [0.4, 0.5) is 0 Å². The Hall–Kier alpha value is -1.25. The highest BCUT2D eigenvalue weighted by atomic mass is 31.2. The van der Waals surface area contributed by atoms with Crippen LogP contribution in [0.1, 0.15) is 200 Å². The number of hydrogen-bond acceptors (Lipinski definition) is 8. The van der Waals surface area contributed by atoms with E-state index in [0.29, 0.717) is 17.4 Å². The van der Waals surface area contributed by atoms with Crippen LogP contribution in [-0.2, 0) is 32.7 Å². The Balaban J connectivity index is 4.34. The highest BCUT2D eigenvalue weighted by molar-refractivity contribution is 7.45. The SMILES string of the molecule is CCCCCC/C=C\CCCCCCCC(=O)OC[C@H](COP(=O)([O-])OCC[N+](C)(C)C)OC(=O)CCCCCCCCCCCCCCCCCC. The number of hydrogen-bond donors (Lipinski definition) is 0. The molecule has 0 saturated heterocycles. The molecule has 0 amide bonds. The van der Waals surface area contributed by atoms with Crippen LogP contribution < -0.4 is 4.89 Å². The second-order valence-electron chi connectivity index (χ2n) is 16.1. The molecule has 0 bridgehead atoms. The maximum absolute atomic E-state index is 12.7. The molecule has 0 aliphatic heterocycles. The van der Waals surface area contributed by atoms with E-state index in [1.54, 1.807) is 0 Å². The largest absolute Gasteiger partial charge is 0.756 e. The fourth-order valence-corrected chi connectivity index (χ4v) is 6.79. The number of nitrogens with zero attached hydrogens (tertiary/aromatic N) is 1. The van der Waals surface area contributed by atoms with Crippen molar-refractivity contribution >= 4 is 19.8 Å². The molecule has 10 heteroatoms. The van der Waals surface area contributed by atoms with Crippen LogP contribution in [0.2, 0.25) is 0 Å². The molecule has 2 atom stereocenters. The van der Waals surface area contributed by atoms with Crippen LogP contribution in [0.15, 0.2) is 12.2 Å². The number of unbranched alkanes of at least 4 members (excludes halogenated alkanes) is 24. The van der Waals surface area contributed by atoms with Gasteiger partial charge in [-0.3, -0.25) is 14.2 Å². The lowest BCUT2D eigenvalue weighted by Crippen LogP contribution is -2.37. The molecule has 0 saturated carbocycles. The summed E-state index contributed by atoms with van der Waals surface area (Å²) in [6.45, 7) is 4.22. The van der Waals surface area contributed by atoms with Crippen LogP contribution in [0, 0.1) is 0 Å². The summed E-state index contributed by atoms with van der Waals surface area (Å²) in [4.78, 5) is 37.5. The van der Waals surface area contributed by atoms with Crippen molar-refractivity contribution in [3.63, 3.8) is 0 Å². The summed E-state index contributed by atoms with van der Waals surface area (Å²) in [5, 5.41) is 0. The monoisotopic (exact) mass is 774 g/mol. The maximum atomic E-state index is 12.7. The number of ether oxygens (including phenoxy) is 2. The molecule has 0 fully saturated rings. The Morgan fingerprint density at radius 3 is 1.42 bits per heavy atom. The first-order valence-corrected chi connectivity index (χ1v) is 23.4. The van der Waals surface area contributed by atoms with E-state index in [4.69, 9.17) is 18.5 Å². The summed E-state index contributed by atoms with van der Waals surface area (Å²) in [5.41, 5.74) is 0. The molecule has 0 aliphatic carbocycles. The Morgan fingerprint density at radius 2 is 0.962 bits per heavy atom. The molecule has 0 radical (unpaired) electrons. The number of carbonyl (C=O) groups is 2. The van der Waals surface area contributed by atoms with Gasteiger partial charge in [-0.25, -0.2) is 0 Å². The number of phosphoric ester groups is 1. The quantitative estimate of drug-likeness (QED) is 0.0199. The van der Waals surface area contributed by atoms with E-state index in [1.807, 2.05) is 21.1 Å². The van der Waals surface area contributed by atoms with Crippen molar-refractivity contribution in [3.8, 4) is 0 Å². The fraction of sp³-hybridized carbons (Fsp3) is 0.907. The van der Waals surface area contributed by atoms with Gasteiger partial charge in [0.2, 0.25) is 0 Å². The number of phosphoric acid groups is 1. The Labute approximate surface area is 326 Å². The summed E-state index contributed by atoms with van der Waals surface area (Å²) in [6, 6.07) is 0. The average molecular weight is 774 g/mol. The number of rotatable bonds is 40. The van der Waals surface area contributed by atoms with Crippen LogP contribution in [0.5, 0.6) is 0 Å². The van der Waals surface area contributed by atoms with Crippen molar-refractivity contribution in [2.45, 2.75) is 206 Å². The molecular formula is C43H84NO8P. The van der Waals surface area contributed by atoms with Gasteiger partial charge < -0.3 is 27.9 Å². The lowest BCUT2D eigenvalue weighted by Gasteiger charge is -2.28. The van der Waals surface area contributed by atoms with E-state index in [0.717, 1.165) is 51.4 Å². The molecule has 0 aromatic carbocycles. The van der Waals surface area contributed by atoms with Gasteiger partial charge in [-0.05, 0) is 38.5 Å². The molecular weight excluding hydrogens is 689 g/mol. The smallest absolute Gasteiger partial charge is 0.306 e. The molecule has 0 spiro atoms. The minimum absolute atomic E-state index is 0.0290. The third kappa shape index (κ3) is 40.2. The van der Waals surface area contributed by atoms with E-state index >= 15 is 0 Å². The minimum atomic E-state index is -4.62. The highest BCUT2D eigenvalue weighted by Gasteiger charge is 2.21. The van der Waals surface area contributed by atoms with E-state index in [-0.39, 0.29) is 32.0 Å². The Bertz CT molecular complexity index is 922. The molecule has 0 rings (SSSR count). The molecule has 0 aromatic rings. The van der Waals surface area contributed by atoms with Gasteiger partial charge in [0.25, 0.3) is 7.82 Å². The second kappa shape index (κ2) is 36.4. The van der Waals surface area contributed by atoms with Crippen LogP contribution in [0.25, 0.3) is 0 Å². The van der Waals surface area contributed by atoms with Gasteiger partial charge in [-0.15, -0.1) is 0 Å². The van der Waals surface area contributed by atoms with Crippen LogP contribution in [0.3, 0.4) is 0 Å². The van der Waals surface area contributed by atoms with Crippen molar-refractivity contribution in [2.75, 3.05) is 47.5 Å². The predicted molar refractivity (Wildman–Crippen MR) is 218 cm³/mol. The highest BCUT2D eigenvalue weighted by Crippen LogP contribution is 2.38. The van der Waals surface area contributed by atoms with Crippen LogP contribution in [-0.4, -0.2) is 70.0 Å². The zero-order valence-electron chi connectivity index (χ0n) is 35.2. The lowest BCUT2D eigenvalue weighted by atomic mass is 10.0. The van der Waals surface area contributed by atoms with Crippen molar-refractivity contribution in [1.29, 1.82) is 0 Å². The van der Waals surface area contributed by atoms with Crippen molar-refractivity contribution in [2.24, 2.45) is 0 Å². The van der Waals surface area contributed by atoms with Crippen molar-refractivity contribution in [1.82, 2.24) is 0 Å². The van der Waals surface area contributed by atoms with Gasteiger partial charge in [0.05, 0.1) is 27.7 Å². The summed E-state index contributed by atoms with van der Waals surface area (Å²) >= 11 is 0. The van der Waals surface area contributed by atoms with E-state index in [2.05, 4.69) is 26.0 Å². The molecule has 0 N–H and O–H groups in total. The number of allylic oxidation sites excluding steroid dienone is 2. The van der Waals surface area contributed by atoms with Gasteiger partial charge in [-0.1, -0.05) is 161 Å². The molecule has 0 aliphatic rings. The number of esters is 2. The van der Waals surface area contributed by atoms with Gasteiger partial charge in [-0.2, -0.15) is 0 Å². The average Bonchev–Trinajstić information content (AvgIpc) is 3.10. The topological polar surface area (TPSA) is 111 Å². The van der Waals surface area contributed by atoms with E-state index < -0.39 is 26.5 Å². The van der Waals surface area contributed by atoms with Gasteiger partial charge >= 0.3 is 11.9 Å². The van der Waals surface area contributed by atoms with Crippen molar-refractivity contribution < 1.29 is 42.1 Å². The standard InChI is InChI=1S/C43H84NO8P/c1-6-8-10-12-14-16-18-20-21-22-24-26-28-30-32-34-36-43(46)52-41(40-51-53(47,48)50-38-37-44(3,4)5)39-49-42(45)35-33-31-29-27-25-23-19-17-15-13-11-9-7-2/h17,19,41H,6-16,18,20-40H2,1-5H3/b19-17-/t41-/m1/s1. The van der Waals surface area contributed by atoms with E-state index in [9.17, 15) is 19.0 Å². The summed E-state index contributed by atoms with van der Waals surface area (Å²) in [7, 11) is 1.17. The maximum Gasteiger partial charge on any atom is 0.306 e. The Kier molecular flexibility index (Phi) is 35.5. The Morgan fingerprint density at radius 1 is 0.566 bits per heavy atom. The van der Waals surface area contributed by atoms with E-state index in [1.165, 1.54) is 116 Å². The summed E-state index contributed by atoms with van der Waals surface area (Å²) in [6.07, 6.45) is 36.6. The molecule has 53 heavy (non-hydrogen) atoms. The van der Waals surface area contributed by atoms with Gasteiger partial charge in [0, 0.05) is 12.8 Å². The first kappa shape index (κ1) is 51.8. The minimum Gasteiger partial charge on any atom is -0.756 e. The third-order valence-corrected chi connectivity index (χ3v) is 10.5. The summed E-state index contributed by atoms with van der Waals surface area (Å²) in [5.74, 6) is -0.836. The normalized spacial score (nSPS) is 13.7. The predicted octanol–water partition coefficient (Wildman–Crippen LogP) is 11.6. The molecule has 0 aromatic heterocycles. The fourth-order valence-electron chi connectivity index (χ4n) is 6.06. The number of carbonyl (C=O) groups excluding carboxylic acids is 2. The summed E-state index contributed by atoms with van der Waals surface area (Å²) < 4.78 is 33.9. The molecule has 314 valence electrons. The number of quaternary nitrogens is 1. The van der Waals surface area contributed by atoms with Crippen molar-refractivity contribution in [3.05, 3.63) is 12.2 Å². The molecule has 1 unspecified atom stereocenters. The zero-order chi connectivity index (χ0) is 39.3. The molecule has 9 nitrogen and oxygen atoms in total. The molecule has 0 heterocycles. The number of likely N-dealkylation sites (N-methyl/N-ethyl adjacent to an activating group) is 1. The van der Waals surface area contributed by atoms with Crippen LogP contribution >= 0.6 is 7.82 Å². The first-order chi connectivity index (χ1) is 25.5.